The van der Waals surface area contributed by atoms with Crippen LogP contribution in [0, 0.1) is 17.2 Å². The standard InChI is InChI=1S/C32H32F3N3O4/c1-37(26(40)10-7-18-3-2-4-21(13-18)32(33,34)35)23-11-12-31(41)25-14-20-8-9-24(39)28-27(20)30(31,29(23)42-28)15-22(16-36)38(25)17-19-5-6-19/h2-4,7-10,13,19,22-23,25,29,39,41H,5-6,11-12,14-15,17H2,1H3/b10-7+/t22?,23-,25-,29+,30+,31-/m1/s1. The van der Waals surface area contributed by atoms with Gasteiger partial charge < -0.3 is 19.8 Å². The van der Waals surface area contributed by atoms with Crippen molar-refractivity contribution >= 4 is 12.0 Å². The summed E-state index contributed by atoms with van der Waals surface area (Å²) < 4.78 is 46.0. The zero-order valence-corrected chi connectivity index (χ0v) is 23.1. The van der Waals surface area contributed by atoms with Gasteiger partial charge in [-0.2, -0.15) is 18.4 Å². The lowest BCUT2D eigenvalue weighted by atomic mass is 9.47. The highest BCUT2D eigenvalue weighted by atomic mass is 19.4. The molecule has 10 heteroatoms. The minimum atomic E-state index is -4.49. The second-order valence-electron chi connectivity index (χ2n) is 12.6. The number of nitrogens with zero attached hydrogens (tertiary/aromatic N) is 3. The zero-order valence-electron chi connectivity index (χ0n) is 23.1. The monoisotopic (exact) mass is 579 g/mol. The van der Waals surface area contributed by atoms with Crippen LogP contribution >= 0.6 is 0 Å². The van der Waals surface area contributed by atoms with E-state index in [0.29, 0.717) is 37.4 Å². The number of benzene rings is 2. The number of aromatic hydroxyl groups is 1. The Morgan fingerprint density at radius 2 is 2.05 bits per heavy atom. The van der Waals surface area contributed by atoms with Gasteiger partial charge >= 0.3 is 6.18 Å². The lowest BCUT2D eigenvalue weighted by Gasteiger charge is -2.65. The highest BCUT2D eigenvalue weighted by Crippen LogP contribution is 2.66. The van der Waals surface area contributed by atoms with Crippen molar-refractivity contribution in [1.82, 2.24) is 9.80 Å². The lowest BCUT2D eigenvalue weighted by molar-refractivity contribution is -0.207. The molecule has 6 atom stereocenters. The molecule has 0 radical (unpaired) electrons. The molecule has 220 valence electrons. The molecule has 42 heavy (non-hydrogen) atoms. The first-order valence-electron chi connectivity index (χ1n) is 14.5. The van der Waals surface area contributed by atoms with Gasteiger partial charge in [0.15, 0.2) is 11.5 Å². The fourth-order valence-corrected chi connectivity index (χ4v) is 8.28. The molecule has 5 aliphatic rings. The molecule has 2 saturated carbocycles. The van der Waals surface area contributed by atoms with Gasteiger partial charge in [0.25, 0.3) is 0 Å². The second kappa shape index (κ2) is 9.22. The van der Waals surface area contributed by atoms with Gasteiger partial charge in [-0.15, -0.1) is 0 Å². The van der Waals surface area contributed by atoms with Crippen LogP contribution in [-0.2, 0) is 22.8 Å². The number of ether oxygens (including phenoxy) is 1. The number of rotatable bonds is 5. The summed E-state index contributed by atoms with van der Waals surface area (Å²) >= 11 is 0. The number of nitriles is 1. The Morgan fingerprint density at radius 3 is 2.76 bits per heavy atom. The van der Waals surface area contributed by atoms with E-state index >= 15 is 0 Å². The molecular weight excluding hydrogens is 547 g/mol. The maximum absolute atomic E-state index is 13.4. The number of phenolic OH excluding ortho intramolecular Hbond substituents is 1. The molecule has 0 aromatic heterocycles. The topological polar surface area (TPSA) is 97.0 Å². The van der Waals surface area contributed by atoms with E-state index in [1.807, 2.05) is 6.07 Å². The van der Waals surface area contributed by atoms with E-state index in [0.717, 1.165) is 42.6 Å². The molecule has 7 rings (SSSR count). The van der Waals surface area contributed by atoms with Gasteiger partial charge in [0, 0.05) is 31.3 Å². The van der Waals surface area contributed by atoms with Gasteiger partial charge in [-0.3, -0.25) is 9.69 Å². The Bertz CT molecular complexity index is 1530. The summed E-state index contributed by atoms with van der Waals surface area (Å²) in [5.74, 6) is 0.381. The van der Waals surface area contributed by atoms with Crippen LogP contribution in [0.3, 0.4) is 0 Å². The Hall–Kier alpha value is -3.55. The van der Waals surface area contributed by atoms with Gasteiger partial charge in [0.05, 0.1) is 34.7 Å². The number of likely N-dealkylation sites (N-methyl/N-ethyl adjacent to an activating group) is 1. The molecule has 2 bridgehead atoms. The van der Waals surface area contributed by atoms with E-state index in [-0.39, 0.29) is 17.4 Å². The molecule has 3 fully saturated rings. The fourth-order valence-electron chi connectivity index (χ4n) is 8.28. The predicted molar refractivity (Wildman–Crippen MR) is 146 cm³/mol. The average Bonchev–Trinajstić information content (AvgIpc) is 3.71. The van der Waals surface area contributed by atoms with E-state index in [1.165, 1.54) is 29.2 Å². The molecule has 1 spiro atoms. The van der Waals surface area contributed by atoms with Gasteiger partial charge in [-0.1, -0.05) is 18.2 Å². The van der Waals surface area contributed by atoms with Crippen LogP contribution in [0.25, 0.3) is 6.08 Å². The molecule has 2 aromatic rings. The van der Waals surface area contributed by atoms with Gasteiger partial charge in [-0.05, 0) is 79.8 Å². The highest BCUT2D eigenvalue weighted by molar-refractivity contribution is 5.92. The van der Waals surface area contributed by atoms with Crippen molar-refractivity contribution in [3.63, 3.8) is 0 Å². The van der Waals surface area contributed by atoms with E-state index in [9.17, 15) is 33.4 Å². The third-order valence-corrected chi connectivity index (χ3v) is 10.4. The summed E-state index contributed by atoms with van der Waals surface area (Å²) in [6.07, 6.45) is 1.31. The van der Waals surface area contributed by atoms with Crippen LogP contribution in [0.4, 0.5) is 13.2 Å². The molecule has 2 aliphatic heterocycles. The Labute approximate surface area is 241 Å². The largest absolute Gasteiger partial charge is 0.504 e. The normalized spacial score (nSPS) is 33.1. The van der Waals surface area contributed by atoms with Crippen molar-refractivity contribution in [1.29, 1.82) is 5.26 Å². The number of aliphatic hydroxyl groups is 1. The third kappa shape index (κ3) is 3.82. The van der Waals surface area contributed by atoms with Crippen molar-refractivity contribution in [3.8, 4) is 17.6 Å². The van der Waals surface area contributed by atoms with Crippen LogP contribution in [0.5, 0.6) is 11.5 Å². The minimum absolute atomic E-state index is 0.0376. The summed E-state index contributed by atoms with van der Waals surface area (Å²) in [6.45, 7) is 0.759. The quantitative estimate of drug-likeness (QED) is 0.510. The van der Waals surface area contributed by atoms with Crippen molar-refractivity contribution < 1.29 is 32.9 Å². The van der Waals surface area contributed by atoms with Crippen molar-refractivity contribution in [3.05, 3.63) is 64.7 Å². The maximum atomic E-state index is 13.4. The molecule has 1 unspecified atom stereocenters. The summed E-state index contributed by atoms with van der Waals surface area (Å²) in [4.78, 5) is 17.1. The van der Waals surface area contributed by atoms with Crippen LogP contribution in [0.2, 0.25) is 0 Å². The number of phenols is 1. The lowest BCUT2D eigenvalue weighted by Crippen LogP contribution is -2.79. The Balaban J connectivity index is 1.24. The molecule has 2 aromatic carbocycles. The van der Waals surface area contributed by atoms with E-state index < -0.39 is 46.9 Å². The third-order valence-electron chi connectivity index (χ3n) is 10.4. The van der Waals surface area contributed by atoms with E-state index in [1.54, 1.807) is 13.1 Å². The van der Waals surface area contributed by atoms with Crippen LogP contribution in [0.1, 0.15) is 54.4 Å². The molecule has 1 saturated heterocycles. The first-order chi connectivity index (χ1) is 20.0. The number of halogens is 3. The van der Waals surface area contributed by atoms with Crippen molar-refractivity contribution in [2.75, 3.05) is 13.6 Å². The number of carbonyl (C=O) groups is 1. The van der Waals surface area contributed by atoms with Crippen LogP contribution < -0.4 is 4.74 Å². The number of amides is 1. The van der Waals surface area contributed by atoms with E-state index in [4.69, 9.17) is 4.74 Å². The summed E-state index contributed by atoms with van der Waals surface area (Å²) in [5, 5.41) is 33.9. The summed E-state index contributed by atoms with van der Waals surface area (Å²) in [7, 11) is 1.63. The number of piperidine rings is 1. The molecule has 1 amide bonds. The van der Waals surface area contributed by atoms with Crippen LogP contribution in [-0.4, -0.2) is 69.3 Å². The first kappa shape index (κ1) is 27.3. The fraction of sp³-hybridized carbons (Fsp3) is 0.500. The SMILES string of the molecule is CN(C(=O)/C=C/c1cccc(C(F)(F)F)c1)[C@@H]1CC[C@@]2(O)[C@H]3Cc4ccc(O)c5c4[C@@]2(CC(C#N)N3CC2CC2)[C@H]1O5. The number of alkyl halides is 3. The number of hydrogen-bond donors (Lipinski definition) is 2. The number of hydrogen-bond acceptors (Lipinski definition) is 6. The van der Waals surface area contributed by atoms with Crippen LogP contribution in [0.15, 0.2) is 42.5 Å². The Kier molecular flexibility index (Phi) is 5.99. The second-order valence-corrected chi connectivity index (χ2v) is 12.6. The highest BCUT2D eigenvalue weighted by Gasteiger charge is 2.75. The summed E-state index contributed by atoms with van der Waals surface area (Å²) in [6, 6.07) is 9.50. The maximum Gasteiger partial charge on any atom is 0.416 e. The zero-order chi connectivity index (χ0) is 29.6. The first-order valence-corrected chi connectivity index (χ1v) is 14.5. The number of likely N-dealkylation sites (tertiary alicyclic amines) is 1. The Morgan fingerprint density at radius 1 is 1.26 bits per heavy atom. The average molecular weight is 580 g/mol. The number of carbonyl (C=O) groups excluding carboxylic acids is 1. The van der Waals surface area contributed by atoms with Crippen molar-refractivity contribution in [2.24, 2.45) is 5.92 Å². The molecular formula is C32H32F3N3O4. The summed E-state index contributed by atoms with van der Waals surface area (Å²) in [5.41, 5.74) is -1.03. The van der Waals surface area contributed by atoms with Gasteiger partial charge in [-0.25, -0.2) is 0 Å². The molecule has 2 heterocycles. The molecule has 3 aliphatic carbocycles. The molecule has 7 nitrogen and oxygen atoms in total. The van der Waals surface area contributed by atoms with E-state index in [2.05, 4.69) is 11.0 Å². The van der Waals surface area contributed by atoms with Crippen molar-refractivity contribution in [2.45, 2.75) is 79.9 Å². The van der Waals surface area contributed by atoms with Gasteiger partial charge in [0.2, 0.25) is 5.91 Å². The van der Waals surface area contributed by atoms with Gasteiger partial charge in [0.1, 0.15) is 6.10 Å². The minimum Gasteiger partial charge on any atom is -0.504 e. The smallest absolute Gasteiger partial charge is 0.416 e. The predicted octanol–water partition coefficient (Wildman–Crippen LogP) is 4.41. The molecule has 2 N–H and O–H groups in total.